The lowest BCUT2D eigenvalue weighted by Gasteiger charge is -2.23. The fourth-order valence-corrected chi connectivity index (χ4v) is 3.09. The molecule has 0 aliphatic heterocycles. The van der Waals surface area contributed by atoms with Crippen LogP contribution in [0.3, 0.4) is 0 Å². The lowest BCUT2D eigenvalue weighted by atomic mass is 9.90. The Kier molecular flexibility index (Phi) is 4.14. The smallest absolute Gasteiger partial charge is 0.269 e. The van der Waals surface area contributed by atoms with Gasteiger partial charge in [-0.3, -0.25) is 14.9 Å². The number of carbonyl (C=O) groups excluding carboxylic acids is 1. The first-order valence-corrected chi connectivity index (χ1v) is 7.64. The molecule has 1 amide bonds. The minimum atomic E-state index is -0.449. The van der Waals surface area contributed by atoms with Gasteiger partial charge in [-0.1, -0.05) is 12.1 Å². The maximum Gasteiger partial charge on any atom is 0.269 e. The van der Waals surface area contributed by atoms with Crippen LogP contribution in [0.2, 0.25) is 0 Å². The number of fused-ring (bicyclic) bond motifs is 1. The molecule has 1 aliphatic carbocycles. The highest BCUT2D eigenvalue weighted by Gasteiger charge is 2.26. The molecule has 1 heterocycles. The summed E-state index contributed by atoms with van der Waals surface area (Å²) < 4.78 is 5.54. The Labute approximate surface area is 133 Å². The predicted octanol–water partition coefficient (Wildman–Crippen LogP) is 3.23. The van der Waals surface area contributed by atoms with Crippen LogP contribution in [0.4, 0.5) is 5.69 Å². The summed E-state index contributed by atoms with van der Waals surface area (Å²) in [5.74, 6) is 0.881. The van der Waals surface area contributed by atoms with Crippen LogP contribution in [-0.2, 0) is 17.6 Å². The van der Waals surface area contributed by atoms with Gasteiger partial charge in [0.25, 0.3) is 5.69 Å². The van der Waals surface area contributed by atoms with E-state index in [1.807, 2.05) is 6.92 Å². The molecule has 0 saturated carbocycles. The van der Waals surface area contributed by atoms with Gasteiger partial charge < -0.3 is 9.73 Å². The van der Waals surface area contributed by atoms with E-state index in [4.69, 9.17) is 4.42 Å². The van der Waals surface area contributed by atoms with Crippen LogP contribution in [0.15, 0.2) is 34.9 Å². The van der Waals surface area contributed by atoms with Crippen LogP contribution < -0.4 is 5.32 Å². The van der Waals surface area contributed by atoms with E-state index in [0.29, 0.717) is 0 Å². The molecule has 1 aromatic carbocycles. The topological polar surface area (TPSA) is 85.4 Å². The van der Waals surface area contributed by atoms with Crippen molar-refractivity contribution in [1.29, 1.82) is 0 Å². The number of amides is 1. The molecular formula is C17H18N2O4. The predicted molar refractivity (Wildman–Crippen MR) is 84.1 cm³/mol. The molecule has 120 valence electrons. The first kappa shape index (κ1) is 15.3. The van der Waals surface area contributed by atoms with Crippen LogP contribution in [0.5, 0.6) is 0 Å². The molecule has 0 bridgehead atoms. The number of carbonyl (C=O) groups is 1. The zero-order valence-corrected chi connectivity index (χ0v) is 12.9. The maximum atomic E-state index is 12.3. The second-order valence-electron chi connectivity index (χ2n) is 5.87. The standard InChI is InChI=1S/C17H18N2O4/c1-11-10-23-15-4-2-3-14(17(11)15)18-16(20)9-12-5-7-13(8-6-12)19(21)22/h5-8,10,14H,2-4,9H2,1H3,(H,18,20). The SMILES string of the molecule is Cc1coc2c1C(NC(=O)Cc1ccc([N+](=O)[O-])cc1)CCC2. The quantitative estimate of drug-likeness (QED) is 0.693. The number of rotatable bonds is 4. The lowest BCUT2D eigenvalue weighted by Crippen LogP contribution is -2.32. The van der Waals surface area contributed by atoms with E-state index in [-0.39, 0.29) is 24.1 Å². The van der Waals surface area contributed by atoms with Crippen molar-refractivity contribution in [3.63, 3.8) is 0 Å². The largest absolute Gasteiger partial charge is 0.469 e. The molecule has 0 radical (unpaired) electrons. The van der Waals surface area contributed by atoms with Gasteiger partial charge >= 0.3 is 0 Å². The number of aryl methyl sites for hydroxylation is 2. The van der Waals surface area contributed by atoms with E-state index in [2.05, 4.69) is 5.32 Å². The van der Waals surface area contributed by atoms with Crippen LogP contribution in [0.25, 0.3) is 0 Å². The first-order valence-electron chi connectivity index (χ1n) is 7.64. The third-order valence-corrected chi connectivity index (χ3v) is 4.20. The van der Waals surface area contributed by atoms with Crippen molar-refractivity contribution in [2.24, 2.45) is 0 Å². The average Bonchev–Trinajstić information content (AvgIpc) is 2.90. The molecule has 6 nitrogen and oxygen atoms in total. The average molecular weight is 314 g/mol. The number of furan rings is 1. The van der Waals surface area contributed by atoms with Gasteiger partial charge in [-0.15, -0.1) is 0 Å². The minimum absolute atomic E-state index is 0.0111. The number of nitrogens with zero attached hydrogens (tertiary/aromatic N) is 1. The monoisotopic (exact) mass is 314 g/mol. The highest BCUT2D eigenvalue weighted by Crippen LogP contribution is 2.33. The molecule has 1 aliphatic rings. The number of hydrogen-bond acceptors (Lipinski definition) is 4. The van der Waals surface area contributed by atoms with Crippen molar-refractivity contribution in [2.75, 3.05) is 0 Å². The zero-order valence-electron chi connectivity index (χ0n) is 12.9. The van der Waals surface area contributed by atoms with Crippen LogP contribution in [0.1, 0.15) is 41.3 Å². The van der Waals surface area contributed by atoms with E-state index < -0.39 is 4.92 Å². The molecular weight excluding hydrogens is 296 g/mol. The Morgan fingerprint density at radius 3 is 2.83 bits per heavy atom. The van der Waals surface area contributed by atoms with Crippen molar-refractivity contribution < 1.29 is 14.1 Å². The zero-order chi connectivity index (χ0) is 16.4. The van der Waals surface area contributed by atoms with Crippen molar-refractivity contribution in [3.05, 3.63) is 63.1 Å². The lowest BCUT2D eigenvalue weighted by molar-refractivity contribution is -0.384. The van der Waals surface area contributed by atoms with E-state index in [1.54, 1.807) is 18.4 Å². The van der Waals surface area contributed by atoms with Gasteiger partial charge in [-0.25, -0.2) is 0 Å². The van der Waals surface area contributed by atoms with Gasteiger partial charge in [-0.2, -0.15) is 0 Å². The van der Waals surface area contributed by atoms with Gasteiger partial charge in [0, 0.05) is 24.1 Å². The second kappa shape index (κ2) is 6.24. The minimum Gasteiger partial charge on any atom is -0.469 e. The normalized spacial score (nSPS) is 16.7. The van der Waals surface area contributed by atoms with Crippen molar-refractivity contribution in [3.8, 4) is 0 Å². The maximum absolute atomic E-state index is 12.3. The molecule has 0 fully saturated rings. The molecule has 1 N–H and O–H groups in total. The van der Waals surface area contributed by atoms with Crippen LogP contribution in [-0.4, -0.2) is 10.8 Å². The van der Waals surface area contributed by atoms with Crippen LogP contribution >= 0.6 is 0 Å². The number of hydrogen-bond donors (Lipinski definition) is 1. The molecule has 6 heteroatoms. The Hall–Kier alpha value is -2.63. The first-order chi connectivity index (χ1) is 11.0. The van der Waals surface area contributed by atoms with Crippen LogP contribution in [0, 0.1) is 17.0 Å². The van der Waals surface area contributed by atoms with Crippen molar-refractivity contribution in [1.82, 2.24) is 5.32 Å². The summed E-state index contributed by atoms with van der Waals surface area (Å²) in [6.45, 7) is 1.99. The van der Waals surface area contributed by atoms with Crippen molar-refractivity contribution >= 4 is 11.6 Å². The summed E-state index contributed by atoms with van der Waals surface area (Å²) in [5, 5.41) is 13.7. The third-order valence-electron chi connectivity index (χ3n) is 4.20. The highest BCUT2D eigenvalue weighted by molar-refractivity contribution is 5.79. The van der Waals surface area contributed by atoms with Gasteiger partial charge in [0.2, 0.25) is 5.91 Å². The second-order valence-corrected chi connectivity index (χ2v) is 5.87. The fraction of sp³-hybridized carbons (Fsp3) is 0.353. The molecule has 0 spiro atoms. The van der Waals surface area contributed by atoms with Gasteiger partial charge in [0.05, 0.1) is 23.6 Å². The summed E-state index contributed by atoms with van der Waals surface area (Å²) in [4.78, 5) is 22.5. The number of nitro groups is 1. The summed E-state index contributed by atoms with van der Waals surface area (Å²) in [7, 11) is 0. The molecule has 1 aromatic heterocycles. The Bertz CT molecular complexity index is 734. The summed E-state index contributed by atoms with van der Waals surface area (Å²) >= 11 is 0. The number of nitro benzene ring substituents is 1. The summed E-state index contributed by atoms with van der Waals surface area (Å²) in [6, 6.07) is 6.06. The number of non-ortho nitro benzene ring substituents is 1. The molecule has 3 rings (SSSR count). The van der Waals surface area contributed by atoms with E-state index >= 15 is 0 Å². The highest BCUT2D eigenvalue weighted by atomic mass is 16.6. The summed E-state index contributed by atoms with van der Waals surface area (Å²) in [6.07, 6.45) is 4.76. The molecule has 0 saturated heterocycles. The van der Waals surface area contributed by atoms with Crippen molar-refractivity contribution in [2.45, 2.75) is 38.6 Å². The molecule has 2 aromatic rings. The molecule has 1 unspecified atom stereocenters. The van der Waals surface area contributed by atoms with E-state index in [1.165, 1.54) is 12.1 Å². The Morgan fingerprint density at radius 2 is 2.13 bits per heavy atom. The van der Waals surface area contributed by atoms with E-state index in [0.717, 1.165) is 41.7 Å². The van der Waals surface area contributed by atoms with Gasteiger partial charge in [0.1, 0.15) is 5.76 Å². The van der Waals surface area contributed by atoms with E-state index in [9.17, 15) is 14.9 Å². The summed E-state index contributed by atoms with van der Waals surface area (Å²) in [5.41, 5.74) is 2.96. The fourth-order valence-electron chi connectivity index (χ4n) is 3.09. The van der Waals surface area contributed by atoms with Gasteiger partial charge in [-0.05, 0) is 30.9 Å². The van der Waals surface area contributed by atoms with Gasteiger partial charge in [0.15, 0.2) is 0 Å². The Morgan fingerprint density at radius 1 is 1.39 bits per heavy atom. The Balaban J connectivity index is 1.66. The molecule has 23 heavy (non-hydrogen) atoms. The number of nitrogens with one attached hydrogen (secondary N) is 1. The molecule has 1 atom stereocenters. The third kappa shape index (κ3) is 3.26. The number of benzene rings is 1.